The molecule has 0 fully saturated rings. The molecule has 0 radical (unpaired) electrons. The van der Waals surface area contributed by atoms with Gasteiger partial charge in [0.1, 0.15) is 18.2 Å². The summed E-state index contributed by atoms with van der Waals surface area (Å²) in [6, 6.07) is 0. The Morgan fingerprint density at radius 1 is 1.33 bits per heavy atom. The van der Waals surface area contributed by atoms with Gasteiger partial charge in [-0.25, -0.2) is 14.5 Å². The summed E-state index contributed by atoms with van der Waals surface area (Å²) in [4.78, 5) is 9.20. The first-order valence-corrected chi connectivity index (χ1v) is 7.97. The molecular formula is C15H22N5S+. The van der Waals surface area contributed by atoms with Crippen LogP contribution >= 0.6 is 11.3 Å². The van der Waals surface area contributed by atoms with Gasteiger partial charge < -0.3 is 9.47 Å². The molecule has 112 valence electrons. The Morgan fingerprint density at radius 3 is 2.67 bits per heavy atom. The van der Waals surface area contributed by atoms with Crippen LogP contribution in [0.2, 0.25) is 0 Å². The number of thiazole rings is 1. The molecule has 0 unspecified atom stereocenters. The van der Waals surface area contributed by atoms with Gasteiger partial charge in [0.15, 0.2) is 6.17 Å². The molecule has 3 rings (SSSR count). The lowest BCUT2D eigenvalue weighted by molar-refractivity contribution is -0.654. The van der Waals surface area contributed by atoms with Gasteiger partial charge >= 0.3 is 5.13 Å². The normalized spacial score (nSPS) is 18.8. The molecule has 0 saturated heterocycles. The average molecular weight is 304 g/mol. The summed E-state index contributed by atoms with van der Waals surface area (Å²) in [5.41, 5.74) is -0.168. The lowest BCUT2D eigenvalue weighted by atomic mass is 10.0. The molecular weight excluding hydrogens is 282 g/mol. The number of anilines is 1. The molecule has 1 aliphatic rings. The molecule has 0 aromatic carbocycles. The SMILES string of the molecule is C[C@@H]1N(c2scc[n+]2C)C=CN1C(C)(C)c1nccn1C. The monoisotopic (exact) mass is 304 g/mol. The number of hydrogen-bond acceptors (Lipinski definition) is 4. The first-order chi connectivity index (χ1) is 9.93. The van der Waals surface area contributed by atoms with E-state index in [1.54, 1.807) is 11.3 Å². The summed E-state index contributed by atoms with van der Waals surface area (Å²) in [7, 11) is 4.13. The van der Waals surface area contributed by atoms with Gasteiger partial charge in [-0.15, -0.1) is 0 Å². The summed E-state index contributed by atoms with van der Waals surface area (Å²) in [6.07, 6.45) is 10.5. The first kappa shape index (κ1) is 14.1. The van der Waals surface area contributed by atoms with Gasteiger partial charge in [-0.05, 0) is 20.8 Å². The van der Waals surface area contributed by atoms with Crippen molar-refractivity contribution >= 4 is 16.5 Å². The van der Waals surface area contributed by atoms with Crippen molar-refractivity contribution in [3.8, 4) is 0 Å². The summed E-state index contributed by atoms with van der Waals surface area (Å²) >= 11 is 1.75. The van der Waals surface area contributed by atoms with Crippen molar-refractivity contribution in [1.29, 1.82) is 0 Å². The molecule has 2 aromatic rings. The second kappa shape index (κ2) is 4.87. The molecule has 0 aliphatic carbocycles. The maximum Gasteiger partial charge on any atom is 0.342 e. The van der Waals surface area contributed by atoms with E-state index < -0.39 is 0 Å². The molecule has 0 bridgehead atoms. The van der Waals surface area contributed by atoms with Crippen LogP contribution in [0.15, 0.2) is 36.4 Å². The molecule has 0 amide bonds. The van der Waals surface area contributed by atoms with Crippen molar-refractivity contribution in [2.24, 2.45) is 14.1 Å². The Hall–Kier alpha value is -1.82. The third-order valence-electron chi connectivity index (χ3n) is 4.19. The van der Waals surface area contributed by atoms with Crippen molar-refractivity contribution in [2.75, 3.05) is 4.90 Å². The zero-order chi connectivity index (χ0) is 15.2. The first-order valence-electron chi connectivity index (χ1n) is 7.09. The zero-order valence-electron chi connectivity index (χ0n) is 13.2. The average Bonchev–Trinajstić information content (AvgIpc) is 3.10. The smallest absolute Gasteiger partial charge is 0.336 e. The predicted molar refractivity (Wildman–Crippen MR) is 84.6 cm³/mol. The fourth-order valence-corrected chi connectivity index (χ4v) is 3.97. The molecule has 0 N–H and O–H groups in total. The number of imidazole rings is 1. The van der Waals surface area contributed by atoms with E-state index in [2.05, 4.69) is 75.7 Å². The second-order valence-corrected chi connectivity index (χ2v) is 6.83. The maximum absolute atomic E-state index is 4.54. The van der Waals surface area contributed by atoms with E-state index >= 15 is 0 Å². The van der Waals surface area contributed by atoms with Crippen molar-refractivity contribution in [2.45, 2.75) is 32.5 Å². The molecule has 5 nitrogen and oxygen atoms in total. The molecule has 6 heteroatoms. The van der Waals surface area contributed by atoms with Crippen LogP contribution in [-0.4, -0.2) is 20.6 Å². The molecule has 1 aliphatic heterocycles. The van der Waals surface area contributed by atoms with Crippen molar-refractivity contribution < 1.29 is 4.57 Å². The predicted octanol–water partition coefficient (Wildman–Crippen LogP) is 2.18. The minimum Gasteiger partial charge on any atom is -0.336 e. The third-order valence-corrected chi connectivity index (χ3v) is 5.15. The summed E-state index contributed by atoms with van der Waals surface area (Å²) in [6.45, 7) is 6.66. The lowest BCUT2D eigenvalue weighted by Gasteiger charge is -2.37. The maximum atomic E-state index is 4.54. The summed E-state index contributed by atoms with van der Waals surface area (Å²) < 4.78 is 4.25. The van der Waals surface area contributed by atoms with Crippen LogP contribution in [0.25, 0.3) is 0 Å². The number of aromatic nitrogens is 3. The van der Waals surface area contributed by atoms with Gasteiger partial charge in [0, 0.05) is 31.0 Å². The van der Waals surface area contributed by atoms with Crippen LogP contribution in [0, 0.1) is 0 Å². The van der Waals surface area contributed by atoms with Gasteiger partial charge in [0.2, 0.25) is 0 Å². The van der Waals surface area contributed by atoms with E-state index in [0.29, 0.717) is 0 Å². The van der Waals surface area contributed by atoms with Crippen LogP contribution in [0.3, 0.4) is 0 Å². The van der Waals surface area contributed by atoms with Gasteiger partial charge in [-0.3, -0.25) is 0 Å². The number of hydrogen-bond donors (Lipinski definition) is 0. The highest BCUT2D eigenvalue weighted by atomic mass is 32.1. The topological polar surface area (TPSA) is 28.2 Å². The van der Waals surface area contributed by atoms with E-state index in [4.69, 9.17) is 0 Å². The summed E-state index contributed by atoms with van der Waals surface area (Å²) in [5.74, 6) is 1.07. The number of rotatable bonds is 3. The Kier molecular flexibility index (Phi) is 3.28. The molecule has 0 spiro atoms. The zero-order valence-corrected chi connectivity index (χ0v) is 14.0. The van der Waals surface area contributed by atoms with E-state index in [9.17, 15) is 0 Å². The Labute approximate surface area is 129 Å². The molecule has 21 heavy (non-hydrogen) atoms. The quantitative estimate of drug-likeness (QED) is 0.814. The number of aryl methyl sites for hydroxylation is 2. The van der Waals surface area contributed by atoms with Crippen LogP contribution in [0.5, 0.6) is 0 Å². The highest BCUT2D eigenvalue weighted by Gasteiger charge is 2.42. The van der Waals surface area contributed by atoms with Crippen LogP contribution in [-0.2, 0) is 19.6 Å². The summed E-state index contributed by atoms with van der Waals surface area (Å²) in [5, 5.41) is 3.35. The molecule has 0 saturated carbocycles. The van der Waals surface area contributed by atoms with Crippen LogP contribution in [0.4, 0.5) is 5.13 Å². The van der Waals surface area contributed by atoms with E-state index in [1.807, 2.05) is 19.4 Å². The standard InChI is InChI=1S/C15H22N5S/c1-12-19(14-18(5)10-11-21-14)8-9-20(12)15(2,3)13-16-6-7-17(13)4/h6-12H,1-5H3/q+1/t12-/m1/s1. The molecule has 1 atom stereocenters. The van der Waals surface area contributed by atoms with Crippen molar-refractivity contribution in [3.05, 3.63) is 42.2 Å². The largest absolute Gasteiger partial charge is 0.342 e. The highest BCUT2D eigenvalue weighted by Crippen LogP contribution is 2.35. The Balaban J connectivity index is 1.91. The van der Waals surface area contributed by atoms with Crippen LogP contribution in [0.1, 0.15) is 26.6 Å². The second-order valence-electron chi connectivity index (χ2n) is 5.96. The van der Waals surface area contributed by atoms with Crippen LogP contribution < -0.4 is 9.47 Å². The molecule has 3 heterocycles. The third kappa shape index (κ3) is 2.14. The molecule has 2 aromatic heterocycles. The van der Waals surface area contributed by atoms with Crippen molar-refractivity contribution in [1.82, 2.24) is 14.5 Å². The van der Waals surface area contributed by atoms with Gasteiger partial charge in [0.05, 0.1) is 12.6 Å². The van der Waals surface area contributed by atoms with Gasteiger partial charge in [-0.2, -0.15) is 0 Å². The van der Waals surface area contributed by atoms with E-state index in [0.717, 1.165) is 5.82 Å². The van der Waals surface area contributed by atoms with Crippen molar-refractivity contribution in [3.63, 3.8) is 0 Å². The Morgan fingerprint density at radius 2 is 2.10 bits per heavy atom. The highest BCUT2D eigenvalue weighted by molar-refractivity contribution is 7.13. The fraction of sp³-hybridized carbons (Fsp3) is 0.467. The number of nitrogens with zero attached hydrogens (tertiary/aromatic N) is 5. The minimum atomic E-state index is -0.168. The van der Waals surface area contributed by atoms with Gasteiger partial charge in [-0.1, -0.05) is 11.3 Å². The lowest BCUT2D eigenvalue weighted by Crippen LogP contribution is -2.49. The van der Waals surface area contributed by atoms with E-state index in [-0.39, 0.29) is 11.7 Å². The minimum absolute atomic E-state index is 0.168. The fourth-order valence-electron chi connectivity index (χ4n) is 3.05. The van der Waals surface area contributed by atoms with Gasteiger partial charge in [0.25, 0.3) is 0 Å². The Bertz CT molecular complexity index is 669. The van der Waals surface area contributed by atoms with E-state index in [1.165, 1.54) is 5.13 Å².